The van der Waals surface area contributed by atoms with Gasteiger partial charge in [0.1, 0.15) is 17.9 Å². The molecule has 2 aliphatic rings. The van der Waals surface area contributed by atoms with Crippen LogP contribution in [0.1, 0.15) is 19.3 Å². The van der Waals surface area contributed by atoms with Crippen molar-refractivity contribution in [3.8, 4) is 11.5 Å². The van der Waals surface area contributed by atoms with E-state index in [0.29, 0.717) is 37.0 Å². The summed E-state index contributed by atoms with van der Waals surface area (Å²) in [6.07, 6.45) is 3.16. The Hall–Kier alpha value is -2.98. The number of ether oxygens (including phenoxy) is 2. The maximum Gasteiger partial charge on any atom is 0.303 e. The topological polar surface area (TPSA) is 136 Å². The number of furan rings is 1. The van der Waals surface area contributed by atoms with Crippen LogP contribution in [0.15, 0.2) is 35.1 Å². The number of carboxylic acid groups (broad SMARTS) is 1. The number of nitrogens with one attached hydrogen (secondary N) is 2. The fourth-order valence-electron chi connectivity index (χ4n) is 3.58. The standard InChI is InChI=1S/C19H22N4O6/c24-15(4-1-5-16(25)26)21-12-9-28-18-13(10-29-17(12)18)23-19-20-7-6-11(22-19)14-3-2-8-27-14/h2-3,6-8,12-13,17-18H,1,4-5,9-10H2,(H,21,24)(H,25,26)(H,20,22,23)/t12-,13-,17+,18+/m0/s1. The number of fused-ring (bicyclic) bond motifs is 1. The van der Waals surface area contributed by atoms with E-state index in [1.807, 2.05) is 6.07 Å². The lowest BCUT2D eigenvalue weighted by Crippen LogP contribution is -2.44. The van der Waals surface area contributed by atoms with Crippen LogP contribution in [0.25, 0.3) is 11.5 Å². The van der Waals surface area contributed by atoms with E-state index in [1.54, 1.807) is 24.6 Å². The molecule has 0 saturated carbocycles. The van der Waals surface area contributed by atoms with E-state index in [0.717, 1.165) is 0 Å². The summed E-state index contributed by atoms with van der Waals surface area (Å²) in [6.45, 7) is 0.737. The third-order valence-electron chi connectivity index (χ3n) is 4.94. The predicted octanol–water partition coefficient (Wildman–Crippen LogP) is 1.05. The second-order valence-electron chi connectivity index (χ2n) is 7.01. The van der Waals surface area contributed by atoms with Crippen LogP contribution in [0.3, 0.4) is 0 Å². The Morgan fingerprint density at radius 3 is 2.69 bits per heavy atom. The van der Waals surface area contributed by atoms with Gasteiger partial charge in [-0.15, -0.1) is 0 Å². The van der Waals surface area contributed by atoms with Crippen molar-refractivity contribution < 1.29 is 28.6 Å². The van der Waals surface area contributed by atoms with Gasteiger partial charge in [0.25, 0.3) is 0 Å². The smallest absolute Gasteiger partial charge is 0.303 e. The van der Waals surface area contributed by atoms with E-state index in [4.69, 9.17) is 19.0 Å². The van der Waals surface area contributed by atoms with E-state index in [-0.39, 0.29) is 43.0 Å². The summed E-state index contributed by atoms with van der Waals surface area (Å²) in [5.41, 5.74) is 0.668. The third kappa shape index (κ3) is 4.54. The highest BCUT2D eigenvalue weighted by Crippen LogP contribution is 2.29. The Labute approximate surface area is 166 Å². The molecule has 29 heavy (non-hydrogen) atoms. The van der Waals surface area contributed by atoms with Gasteiger partial charge in [-0.3, -0.25) is 9.59 Å². The zero-order chi connectivity index (χ0) is 20.2. The van der Waals surface area contributed by atoms with Crippen LogP contribution in [0, 0.1) is 0 Å². The molecule has 0 aromatic carbocycles. The highest BCUT2D eigenvalue weighted by molar-refractivity contribution is 5.77. The SMILES string of the molecule is O=C(O)CCCC(=O)N[C@H]1CO[C@H]2[C@@H]1OC[C@@H]2Nc1nccc(-c2ccco2)n1. The molecule has 0 unspecified atom stereocenters. The lowest BCUT2D eigenvalue weighted by atomic mass is 10.1. The van der Waals surface area contributed by atoms with Gasteiger partial charge in [-0.1, -0.05) is 0 Å². The van der Waals surface area contributed by atoms with Gasteiger partial charge in [0.15, 0.2) is 5.76 Å². The largest absolute Gasteiger partial charge is 0.481 e. The second-order valence-corrected chi connectivity index (χ2v) is 7.01. The van der Waals surface area contributed by atoms with E-state index < -0.39 is 5.97 Å². The summed E-state index contributed by atoms with van der Waals surface area (Å²) in [5, 5.41) is 14.8. The second kappa shape index (κ2) is 8.58. The molecule has 2 aromatic heterocycles. The highest BCUT2D eigenvalue weighted by atomic mass is 16.6. The van der Waals surface area contributed by atoms with Gasteiger partial charge < -0.3 is 29.6 Å². The first-order valence-corrected chi connectivity index (χ1v) is 9.48. The van der Waals surface area contributed by atoms with Crippen molar-refractivity contribution in [2.24, 2.45) is 0 Å². The normalized spacial score (nSPS) is 25.5. The number of nitrogens with zero attached hydrogens (tertiary/aromatic N) is 2. The molecule has 0 aliphatic carbocycles. The fraction of sp³-hybridized carbons (Fsp3) is 0.474. The maximum absolute atomic E-state index is 12.0. The molecule has 10 nitrogen and oxygen atoms in total. The van der Waals surface area contributed by atoms with Crippen molar-refractivity contribution in [3.05, 3.63) is 30.7 Å². The minimum Gasteiger partial charge on any atom is -0.481 e. The zero-order valence-electron chi connectivity index (χ0n) is 15.6. The van der Waals surface area contributed by atoms with Gasteiger partial charge in [0, 0.05) is 19.0 Å². The molecule has 154 valence electrons. The van der Waals surface area contributed by atoms with Gasteiger partial charge >= 0.3 is 5.97 Å². The van der Waals surface area contributed by atoms with Crippen molar-refractivity contribution in [1.82, 2.24) is 15.3 Å². The summed E-state index contributed by atoms with van der Waals surface area (Å²) < 4.78 is 17.1. The molecule has 0 bridgehead atoms. The molecule has 0 radical (unpaired) electrons. The third-order valence-corrected chi connectivity index (χ3v) is 4.94. The monoisotopic (exact) mass is 402 g/mol. The number of hydrogen-bond acceptors (Lipinski definition) is 8. The number of aromatic nitrogens is 2. The fourth-order valence-corrected chi connectivity index (χ4v) is 3.58. The molecule has 2 aromatic rings. The molecule has 0 spiro atoms. The first-order valence-electron chi connectivity index (χ1n) is 9.48. The Balaban J connectivity index is 1.32. The number of carboxylic acids is 1. The molecule has 2 fully saturated rings. The van der Waals surface area contributed by atoms with E-state index in [1.165, 1.54) is 0 Å². The first-order chi connectivity index (χ1) is 14.1. The molecule has 4 atom stereocenters. The molecule has 1 amide bonds. The van der Waals surface area contributed by atoms with Crippen molar-refractivity contribution in [3.63, 3.8) is 0 Å². The van der Waals surface area contributed by atoms with Crippen LogP contribution in [0.4, 0.5) is 5.95 Å². The van der Waals surface area contributed by atoms with Crippen molar-refractivity contribution >= 4 is 17.8 Å². The Morgan fingerprint density at radius 1 is 1.14 bits per heavy atom. The summed E-state index contributed by atoms with van der Waals surface area (Å²) in [7, 11) is 0. The molecule has 2 aliphatic heterocycles. The number of rotatable bonds is 8. The highest BCUT2D eigenvalue weighted by Gasteiger charge is 2.48. The zero-order valence-corrected chi connectivity index (χ0v) is 15.6. The quantitative estimate of drug-likeness (QED) is 0.592. The Morgan fingerprint density at radius 2 is 1.93 bits per heavy atom. The van der Waals surface area contributed by atoms with Crippen LogP contribution in [-0.4, -0.2) is 64.5 Å². The number of amides is 1. The van der Waals surface area contributed by atoms with Crippen molar-refractivity contribution in [2.45, 2.75) is 43.6 Å². The van der Waals surface area contributed by atoms with E-state index >= 15 is 0 Å². The van der Waals surface area contributed by atoms with Gasteiger partial charge in [0.05, 0.1) is 31.6 Å². The van der Waals surface area contributed by atoms with Gasteiger partial charge in [0.2, 0.25) is 11.9 Å². The van der Waals surface area contributed by atoms with Crippen LogP contribution in [-0.2, 0) is 19.1 Å². The van der Waals surface area contributed by atoms with Gasteiger partial charge in [-0.05, 0) is 24.6 Å². The molecule has 4 heterocycles. The predicted molar refractivity (Wildman–Crippen MR) is 100 cm³/mol. The number of carbonyl (C=O) groups is 2. The Kier molecular flexibility index (Phi) is 5.72. The Bertz CT molecular complexity index is 858. The first kappa shape index (κ1) is 19.3. The molecular formula is C19H22N4O6. The minimum absolute atomic E-state index is 0.0276. The minimum atomic E-state index is -0.909. The number of anilines is 1. The summed E-state index contributed by atoms with van der Waals surface area (Å²) in [6, 6.07) is 4.97. The van der Waals surface area contributed by atoms with Crippen LogP contribution in [0.5, 0.6) is 0 Å². The van der Waals surface area contributed by atoms with Crippen molar-refractivity contribution in [2.75, 3.05) is 18.5 Å². The number of hydrogen-bond donors (Lipinski definition) is 3. The van der Waals surface area contributed by atoms with Gasteiger partial charge in [-0.2, -0.15) is 0 Å². The summed E-state index contributed by atoms with van der Waals surface area (Å²) in [5.74, 6) is -0.0138. The number of aliphatic carboxylic acids is 1. The maximum atomic E-state index is 12.0. The molecule has 4 rings (SSSR count). The lowest BCUT2D eigenvalue weighted by molar-refractivity contribution is -0.137. The number of carbonyl (C=O) groups excluding carboxylic acids is 1. The molecule has 3 N–H and O–H groups in total. The average molecular weight is 402 g/mol. The van der Waals surface area contributed by atoms with Crippen LogP contribution < -0.4 is 10.6 Å². The summed E-state index contributed by atoms with van der Waals surface area (Å²) in [4.78, 5) is 31.3. The van der Waals surface area contributed by atoms with E-state index in [2.05, 4.69) is 20.6 Å². The molecule has 10 heteroatoms. The van der Waals surface area contributed by atoms with E-state index in [9.17, 15) is 9.59 Å². The average Bonchev–Trinajstić information content (AvgIpc) is 3.42. The molecule has 2 saturated heterocycles. The summed E-state index contributed by atoms with van der Waals surface area (Å²) >= 11 is 0. The molecular weight excluding hydrogens is 380 g/mol. The lowest BCUT2D eigenvalue weighted by Gasteiger charge is -2.18. The van der Waals surface area contributed by atoms with Crippen LogP contribution in [0.2, 0.25) is 0 Å². The van der Waals surface area contributed by atoms with Crippen LogP contribution >= 0.6 is 0 Å². The van der Waals surface area contributed by atoms with Crippen molar-refractivity contribution in [1.29, 1.82) is 0 Å². The van der Waals surface area contributed by atoms with Gasteiger partial charge in [-0.25, -0.2) is 9.97 Å².